The van der Waals surface area contributed by atoms with Gasteiger partial charge in [0.15, 0.2) is 5.43 Å². The molecule has 0 aromatic carbocycles. The van der Waals surface area contributed by atoms with E-state index >= 15 is 0 Å². The minimum atomic E-state index is -1.72. The number of fused-ring (bicyclic) bond motifs is 1. The summed E-state index contributed by atoms with van der Waals surface area (Å²) in [5.74, 6) is -2.53. The fraction of sp³-hybridized carbons (Fsp3) is 0.565. The first-order valence-corrected chi connectivity index (χ1v) is 11.9. The number of carbonyl (C=O) groups excluding carboxylic acids is 4. The minimum Gasteiger partial charge on any atom is -0.427 e. The molecule has 1 aromatic heterocycles. The van der Waals surface area contributed by atoms with Crippen molar-refractivity contribution in [2.75, 3.05) is 13.9 Å². The highest BCUT2D eigenvalue weighted by atomic mass is 32.2. The Balaban J connectivity index is 1.71. The SMILES string of the molecule is CO[C@@]1(NC(=O)Cn2ccc(=O)c(C#N)c2)C(=O)N2[C@@H](C(=O)OCOC(=O)C(C)(C)C)C(C)(C)S[C@@H]21. The van der Waals surface area contributed by atoms with Gasteiger partial charge in [0, 0.05) is 30.3 Å². The topological polar surface area (TPSA) is 157 Å². The van der Waals surface area contributed by atoms with Gasteiger partial charge >= 0.3 is 11.9 Å². The average Bonchev–Trinajstić information content (AvgIpc) is 3.06. The van der Waals surface area contributed by atoms with Gasteiger partial charge < -0.3 is 29.0 Å². The molecule has 2 amide bonds. The van der Waals surface area contributed by atoms with E-state index in [0.717, 1.165) is 0 Å². The van der Waals surface area contributed by atoms with E-state index in [1.54, 1.807) is 40.7 Å². The first kappa shape index (κ1) is 27.2. The molecule has 3 rings (SSSR count). The molecule has 1 N–H and O–H groups in total. The number of ether oxygens (including phenoxy) is 3. The number of amides is 2. The summed E-state index contributed by atoms with van der Waals surface area (Å²) < 4.78 is 16.1. The Morgan fingerprint density at radius 2 is 1.89 bits per heavy atom. The molecule has 2 saturated heterocycles. The lowest BCUT2D eigenvalue weighted by atomic mass is 9.93. The molecule has 13 heteroatoms. The number of nitriles is 1. The van der Waals surface area contributed by atoms with Gasteiger partial charge in [0.1, 0.15) is 29.6 Å². The first-order chi connectivity index (χ1) is 16.7. The van der Waals surface area contributed by atoms with Gasteiger partial charge in [0.25, 0.3) is 11.6 Å². The van der Waals surface area contributed by atoms with Gasteiger partial charge in [-0.3, -0.25) is 19.2 Å². The number of hydrogen-bond acceptors (Lipinski definition) is 10. The Bertz CT molecular complexity index is 1200. The second-order valence-electron chi connectivity index (χ2n) is 9.95. The molecule has 0 saturated carbocycles. The lowest BCUT2D eigenvalue weighted by molar-refractivity contribution is -0.204. The molecular weight excluding hydrogens is 492 g/mol. The summed E-state index contributed by atoms with van der Waals surface area (Å²) in [6, 6.07) is 1.91. The maximum atomic E-state index is 13.2. The van der Waals surface area contributed by atoms with Gasteiger partial charge in [-0.25, -0.2) is 4.79 Å². The Morgan fingerprint density at radius 3 is 2.47 bits per heavy atom. The van der Waals surface area contributed by atoms with Crippen molar-refractivity contribution < 1.29 is 33.4 Å². The molecule has 1 aromatic rings. The number of aromatic nitrogens is 1. The monoisotopic (exact) mass is 520 g/mol. The van der Waals surface area contributed by atoms with Crippen LogP contribution in [0.3, 0.4) is 0 Å². The molecule has 0 spiro atoms. The maximum absolute atomic E-state index is 13.2. The fourth-order valence-electron chi connectivity index (χ4n) is 3.92. The summed E-state index contributed by atoms with van der Waals surface area (Å²) in [6.45, 7) is 7.62. The highest BCUT2D eigenvalue weighted by Crippen LogP contribution is 2.55. The number of esters is 2. The predicted molar refractivity (Wildman–Crippen MR) is 126 cm³/mol. The molecular formula is C23H28N4O8S. The molecule has 0 aliphatic carbocycles. The molecule has 194 valence electrons. The zero-order chi connectivity index (χ0) is 27.1. The first-order valence-electron chi connectivity index (χ1n) is 11.0. The second-order valence-corrected chi connectivity index (χ2v) is 11.7. The normalized spacial score (nSPS) is 24.2. The van der Waals surface area contributed by atoms with Crippen LogP contribution in [0.25, 0.3) is 0 Å². The Hall–Kier alpha value is -3.37. The third-order valence-corrected chi connectivity index (χ3v) is 7.42. The van der Waals surface area contributed by atoms with E-state index in [0.29, 0.717) is 0 Å². The van der Waals surface area contributed by atoms with E-state index in [2.05, 4.69) is 5.32 Å². The number of thioether (sulfide) groups is 1. The second kappa shape index (κ2) is 9.59. The van der Waals surface area contributed by atoms with Crippen LogP contribution in [-0.4, -0.2) is 69.0 Å². The van der Waals surface area contributed by atoms with Gasteiger partial charge in [-0.1, -0.05) is 0 Å². The third-order valence-electron chi connectivity index (χ3n) is 5.80. The van der Waals surface area contributed by atoms with Gasteiger partial charge in [-0.15, -0.1) is 11.8 Å². The molecule has 0 radical (unpaired) electrons. The van der Waals surface area contributed by atoms with Crippen LogP contribution in [0.15, 0.2) is 23.3 Å². The summed E-state index contributed by atoms with van der Waals surface area (Å²) in [7, 11) is 1.27. The zero-order valence-corrected chi connectivity index (χ0v) is 21.6. The number of carbonyl (C=O) groups is 4. The maximum Gasteiger partial charge on any atom is 0.333 e. The van der Waals surface area contributed by atoms with Gasteiger partial charge in [-0.2, -0.15) is 5.26 Å². The average molecular weight is 521 g/mol. The highest BCUT2D eigenvalue weighted by Gasteiger charge is 2.73. The van der Waals surface area contributed by atoms with Crippen LogP contribution in [0.1, 0.15) is 40.2 Å². The van der Waals surface area contributed by atoms with Crippen molar-refractivity contribution in [2.24, 2.45) is 5.41 Å². The molecule has 0 bridgehead atoms. The van der Waals surface area contributed by atoms with Crippen LogP contribution < -0.4 is 10.7 Å². The standard InChI is InChI=1S/C23H28N4O8S/c1-21(2,3)20(32)35-12-34-17(30)16-22(4,5)36-19-23(33-6,18(31)27(16)19)25-15(29)11-26-8-7-14(28)13(9-24)10-26/h7-8,10,16,19H,11-12H2,1-6H3,(H,25,29)/t16-,19+,23-/m0/s1. The van der Waals surface area contributed by atoms with Crippen LogP contribution in [0.5, 0.6) is 0 Å². The Morgan fingerprint density at radius 1 is 1.22 bits per heavy atom. The molecule has 12 nitrogen and oxygen atoms in total. The van der Waals surface area contributed by atoms with Crippen molar-refractivity contribution in [1.29, 1.82) is 5.26 Å². The Labute approximate surface area is 211 Å². The number of rotatable bonds is 7. The number of pyridine rings is 1. The lowest BCUT2D eigenvalue weighted by Gasteiger charge is -2.51. The van der Waals surface area contributed by atoms with Crippen molar-refractivity contribution in [3.05, 3.63) is 34.2 Å². The van der Waals surface area contributed by atoms with Crippen LogP contribution in [0, 0.1) is 16.7 Å². The number of nitrogens with one attached hydrogen (secondary N) is 1. The van der Waals surface area contributed by atoms with Gasteiger partial charge in [0.05, 0.1) is 5.41 Å². The van der Waals surface area contributed by atoms with Crippen molar-refractivity contribution in [1.82, 2.24) is 14.8 Å². The van der Waals surface area contributed by atoms with E-state index < -0.39 is 63.3 Å². The van der Waals surface area contributed by atoms with Crippen molar-refractivity contribution in [3.63, 3.8) is 0 Å². The number of β-lactam (4-membered cyclic amide) rings is 1. The predicted octanol–water partition coefficient (Wildman–Crippen LogP) is 0.331. The van der Waals surface area contributed by atoms with Crippen LogP contribution in [0.2, 0.25) is 0 Å². The smallest absolute Gasteiger partial charge is 0.333 e. The summed E-state index contributed by atoms with van der Waals surface area (Å²) in [5.41, 5.74) is -3.08. The van der Waals surface area contributed by atoms with Gasteiger partial charge in [-0.05, 0) is 34.6 Å². The van der Waals surface area contributed by atoms with Crippen LogP contribution >= 0.6 is 11.8 Å². The summed E-state index contributed by atoms with van der Waals surface area (Å²) in [5, 5.41) is 10.9. The number of methoxy groups -OCH3 is 1. The third kappa shape index (κ3) is 4.83. The molecule has 3 atom stereocenters. The minimum absolute atomic E-state index is 0.125. The summed E-state index contributed by atoms with van der Waals surface area (Å²) in [4.78, 5) is 63.7. The van der Waals surface area contributed by atoms with E-state index in [1.165, 1.54) is 46.8 Å². The van der Waals surface area contributed by atoms with Crippen molar-refractivity contribution in [3.8, 4) is 6.07 Å². The Kier molecular flexibility index (Phi) is 7.25. The summed E-state index contributed by atoms with van der Waals surface area (Å²) >= 11 is 1.26. The van der Waals surface area contributed by atoms with Crippen LogP contribution in [-0.2, 0) is 39.9 Å². The molecule has 3 heterocycles. The molecule has 36 heavy (non-hydrogen) atoms. The molecule has 0 unspecified atom stereocenters. The van der Waals surface area contributed by atoms with E-state index in [-0.39, 0.29) is 12.1 Å². The quantitative estimate of drug-likeness (QED) is 0.302. The van der Waals surface area contributed by atoms with Crippen molar-refractivity contribution in [2.45, 2.75) is 63.1 Å². The van der Waals surface area contributed by atoms with E-state index in [4.69, 9.17) is 19.5 Å². The van der Waals surface area contributed by atoms with Crippen LogP contribution in [0.4, 0.5) is 0 Å². The van der Waals surface area contributed by atoms with Crippen molar-refractivity contribution >= 4 is 35.5 Å². The zero-order valence-electron chi connectivity index (χ0n) is 20.8. The molecule has 2 aliphatic rings. The highest BCUT2D eigenvalue weighted by molar-refractivity contribution is 8.01. The molecule has 2 aliphatic heterocycles. The van der Waals surface area contributed by atoms with Gasteiger partial charge in [0.2, 0.25) is 12.7 Å². The largest absolute Gasteiger partial charge is 0.427 e. The summed E-state index contributed by atoms with van der Waals surface area (Å²) in [6.07, 6.45) is 2.59. The van der Waals surface area contributed by atoms with E-state index in [9.17, 15) is 24.0 Å². The lowest BCUT2D eigenvalue weighted by Crippen LogP contribution is -2.80. The fourth-order valence-corrected chi connectivity index (χ4v) is 5.59. The number of hydrogen-bond donors (Lipinski definition) is 1. The molecule has 2 fully saturated rings. The van der Waals surface area contributed by atoms with E-state index in [1.807, 2.05) is 0 Å². The number of nitrogens with zero attached hydrogens (tertiary/aromatic N) is 3.